The lowest BCUT2D eigenvalue weighted by molar-refractivity contribution is 0.704. The van der Waals surface area contributed by atoms with Crippen molar-refractivity contribution in [3.63, 3.8) is 0 Å². The first-order chi connectivity index (χ1) is 11.0. The Balaban J connectivity index is 2.06. The van der Waals surface area contributed by atoms with E-state index < -0.39 is 0 Å². The number of anilines is 1. The summed E-state index contributed by atoms with van der Waals surface area (Å²) >= 11 is 0. The highest BCUT2D eigenvalue weighted by Gasteiger charge is 2.17. The third kappa shape index (κ3) is 2.79. The Kier molecular flexibility index (Phi) is 4.03. The normalized spacial score (nSPS) is 12.6. The van der Waals surface area contributed by atoms with Crippen LogP contribution >= 0.6 is 0 Å². The zero-order chi connectivity index (χ0) is 16.6. The fraction of sp³-hybridized carbons (Fsp3) is 0.389. The van der Waals surface area contributed by atoms with Crippen LogP contribution in [0.5, 0.6) is 0 Å². The van der Waals surface area contributed by atoms with Gasteiger partial charge in [-0.1, -0.05) is 13.0 Å². The highest BCUT2D eigenvalue weighted by Crippen LogP contribution is 2.25. The molecule has 0 aromatic carbocycles. The van der Waals surface area contributed by atoms with Gasteiger partial charge in [0.2, 0.25) is 0 Å². The monoisotopic (exact) mass is 309 g/mol. The largest absolute Gasteiger partial charge is 0.362 e. The summed E-state index contributed by atoms with van der Waals surface area (Å²) in [6.07, 6.45) is 2.79. The van der Waals surface area contributed by atoms with Crippen molar-refractivity contribution in [2.45, 2.75) is 47.1 Å². The minimum atomic E-state index is 0.144. The topological polar surface area (TPSA) is 55.1 Å². The van der Waals surface area contributed by atoms with Crippen LogP contribution in [0.4, 0.5) is 5.82 Å². The minimum Gasteiger partial charge on any atom is -0.362 e. The molecule has 3 aromatic heterocycles. The van der Waals surface area contributed by atoms with Crippen LogP contribution < -0.4 is 5.32 Å². The zero-order valence-corrected chi connectivity index (χ0v) is 14.4. The number of nitrogens with one attached hydrogen (secondary N) is 1. The van der Waals surface area contributed by atoms with Gasteiger partial charge < -0.3 is 5.32 Å². The van der Waals surface area contributed by atoms with Crippen molar-refractivity contribution >= 4 is 11.5 Å². The second kappa shape index (κ2) is 5.99. The lowest BCUT2D eigenvalue weighted by Crippen LogP contribution is -2.15. The third-order valence-corrected chi connectivity index (χ3v) is 4.30. The molecular weight excluding hydrogens is 286 g/mol. The van der Waals surface area contributed by atoms with E-state index in [0.29, 0.717) is 0 Å². The number of aromatic nitrogens is 4. The smallest absolute Gasteiger partial charge is 0.160 e. The van der Waals surface area contributed by atoms with Gasteiger partial charge in [-0.2, -0.15) is 9.61 Å². The van der Waals surface area contributed by atoms with Gasteiger partial charge in [-0.25, -0.2) is 4.98 Å². The van der Waals surface area contributed by atoms with Crippen molar-refractivity contribution in [1.29, 1.82) is 0 Å². The Morgan fingerprint density at radius 3 is 2.70 bits per heavy atom. The van der Waals surface area contributed by atoms with Crippen molar-refractivity contribution in [3.8, 4) is 0 Å². The SMILES string of the molecule is CC[C@H](Nc1cc(C)nc2c(C)c(C)nn12)c1ncccc1C. The Labute approximate surface area is 136 Å². The van der Waals surface area contributed by atoms with Gasteiger partial charge in [-0.15, -0.1) is 0 Å². The Morgan fingerprint density at radius 2 is 2.00 bits per heavy atom. The fourth-order valence-electron chi connectivity index (χ4n) is 2.86. The van der Waals surface area contributed by atoms with E-state index in [2.05, 4.69) is 47.2 Å². The summed E-state index contributed by atoms with van der Waals surface area (Å²) in [6, 6.07) is 6.26. The molecule has 5 heteroatoms. The van der Waals surface area contributed by atoms with Gasteiger partial charge in [0, 0.05) is 23.5 Å². The van der Waals surface area contributed by atoms with E-state index >= 15 is 0 Å². The van der Waals surface area contributed by atoms with Crippen molar-refractivity contribution in [2.24, 2.45) is 0 Å². The summed E-state index contributed by atoms with van der Waals surface area (Å²) < 4.78 is 1.90. The molecule has 0 bridgehead atoms. The van der Waals surface area contributed by atoms with Crippen molar-refractivity contribution in [1.82, 2.24) is 19.6 Å². The highest BCUT2D eigenvalue weighted by molar-refractivity contribution is 5.56. The molecule has 0 aliphatic heterocycles. The molecule has 3 heterocycles. The molecule has 0 spiro atoms. The molecule has 0 fully saturated rings. The fourth-order valence-corrected chi connectivity index (χ4v) is 2.86. The van der Waals surface area contributed by atoms with Crippen molar-refractivity contribution in [3.05, 3.63) is 52.6 Å². The van der Waals surface area contributed by atoms with Crippen LogP contribution in [0.3, 0.4) is 0 Å². The van der Waals surface area contributed by atoms with Gasteiger partial charge in [0.25, 0.3) is 0 Å². The number of hydrogen-bond donors (Lipinski definition) is 1. The number of rotatable bonds is 4. The molecule has 0 aliphatic rings. The number of hydrogen-bond acceptors (Lipinski definition) is 4. The molecule has 0 saturated carbocycles. The Bertz CT molecular complexity index is 850. The average Bonchev–Trinajstić information content (AvgIpc) is 2.81. The molecule has 0 amide bonds. The summed E-state index contributed by atoms with van der Waals surface area (Å²) in [6.45, 7) is 10.4. The van der Waals surface area contributed by atoms with Crippen LogP contribution in [0.2, 0.25) is 0 Å². The molecule has 1 N–H and O–H groups in total. The maximum absolute atomic E-state index is 4.63. The molecule has 120 valence electrons. The van der Waals surface area contributed by atoms with Crippen LogP contribution in [-0.4, -0.2) is 19.6 Å². The molecule has 3 aromatic rings. The van der Waals surface area contributed by atoms with Crippen molar-refractivity contribution < 1.29 is 0 Å². The maximum atomic E-state index is 4.63. The first-order valence-corrected chi connectivity index (χ1v) is 8.03. The first kappa shape index (κ1) is 15.5. The number of nitrogens with zero attached hydrogens (tertiary/aromatic N) is 4. The van der Waals surface area contributed by atoms with Crippen LogP contribution in [0.25, 0.3) is 5.65 Å². The summed E-state index contributed by atoms with van der Waals surface area (Å²) in [5.41, 5.74) is 6.31. The third-order valence-electron chi connectivity index (χ3n) is 4.30. The van der Waals surface area contributed by atoms with E-state index in [9.17, 15) is 0 Å². The van der Waals surface area contributed by atoms with E-state index in [1.54, 1.807) is 0 Å². The number of aryl methyl sites for hydroxylation is 4. The predicted octanol–water partition coefficient (Wildman–Crippen LogP) is 3.92. The lowest BCUT2D eigenvalue weighted by Gasteiger charge is -2.20. The van der Waals surface area contributed by atoms with Gasteiger partial charge in [-0.3, -0.25) is 4.98 Å². The maximum Gasteiger partial charge on any atom is 0.160 e. The van der Waals surface area contributed by atoms with Gasteiger partial charge in [0.05, 0.1) is 17.4 Å². The summed E-state index contributed by atoms with van der Waals surface area (Å²) in [5.74, 6) is 0.959. The summed E-state index contributed by atoms with van der Waals surface area (Å²) in [5, 5.41) is 8.24. The van der Waals surface area contributed by atoms with Crippen LogP contribution in [-0.2, 0) is 0 Å². The molecule has 0 unspecified atom stereocenters. The molecule has 0 radical (unpaired) electrons. The molecule has 1 atom stereocenters. The molecule has 3 rings (SSSR count). The lowest BCUT2D eigenvalue weighted by atomic mass is 10.1. The quantitative estimate of drug-likeness (QED) is 0.793. The second-order valence-corrected chi connectivity index (χ2v) is 6.04. The Hall–Kier alpha value is -2.43. The van der Waals surface area contributed by atoms with Gasteiger partial charge >= 0.3 is 0 Å². The van der Waals surface area contributed by atoms with E-state index in [4.69, 9.17) is 0 Å². The molecule has 0 aliphatic carbocycles. The minimum absolute atomic E-state index is 0.144. The predicted molar refractivity (Wildman–Crippen MR) is 92.8 cm³/mol. The van der Waals surface area contributed by atoms with E-state index in [1.165, 1.54) is 5.56 Å². The summed E-state index contributed by atoms with van der Waals surface area (Å²) in [4.78, 5) is 9.19. The van der Waals surface area contributed by atoms with Gasteiger partial charge in [0.1, 0.15) is 5.82 Å². The van der Waals surface area contributed by atoms with E-state index in [1.807, 2.05) is 36.7 Å². The summed E-state index contributed by atoms with van der Waals surface area (Å²) in [7, 11) is 0. The second-order valence-electron chi connectivity index (χ2n) is 6.04. The van der Waals surface area contributed by atoms with Crippen LogP contribution in [0.1, 0.15) is 47.6 Å². The highest BCUT2D eigenvalue weighted by atomic mass is 15.3. The molecule has 23 heavy (non-hydrogen) atoms. The average molecular weight is 309 g/mol. The number of pyridine rings is 1. The zero-order valence-electron chi connectivity index (χ0n) is 14.4. The molecule has 0 saturated heterocycles. The number of fused-ring (bicyclic) bond motifs is 1. The molecule has 5 nitrogen and oxygen atoms in total. The van der Waals surface area contributed by atoms with E-state index in [0.717, 1.165) is 40.5 Å². The van der Waals surface area contributed by atoms with Crippen LogP contribution in [0, 0.1) is 27.7 Å². The first-order valence-electron chi connectivity index (χ1n) is 8.03. The van der Waals surface area contributed by atoms with Crippen molar-refractivity contribution in [2.75, 3.05) is 5.32 Å². The van der Waals surface area contributed by atoms with E-state index in [-0.39, 0.29) is 6.04 Å². The van der Waals surface area contributed by atoms with Gasteiger partial charge in [-0.05, 0) is 45.7 Å². The van der Waals surface area contributed by atoms with Crippen LogP contribution in [0.15, 0.2) is 24.4 Å². The Morgan fingerprint density at radius 1 is 1.22 bits per heavy atom. The standard InChI is InChI=1S/C18H23N5/c1-6-15(17-11(2)8-7-9-19-17)21-16-10-12(3)20-18-13(4)14(5)22-23(16)18/h7-10,15,21H,6H2,1-5H3/t15-/m0/s1. The molecular formula is C18H23N5. The van der Waals surface area contributed by atoms with Gasteiger partial charge in [0.15, 0.2) is 5.65 Å².